The third kappa shape index (κ3) is 5.19. The lowest BCUT2D eigenvalue weighted by Crippen LogP contribution is -2.01. The number of methoxy groups -OCH3 is 1. The van der Waals surface area contributed by atoms with E-state index in [2.05, 4.69) is 5.32 Å². The highest BCUT2D eigenvalue weighted by Gasteiger charge is 1.95. The second kappa shape index (κ2) is 7.31. The van der Waals surface area contributed by atoms with E-state index in [0.29, 0.717) is 6.16 Å². The van der Waals surface area contributed by atoms with E-state index in [-0.39, 0.29) is 0 Å². The van der Waals surface area contributed by atoms with Crippen molar-refractivity contribution in [3.05, 3.63) is 24.3 Å². The predicted octanol–water partition coefficient (Wildman–Crippen LogP) is 2.35. The molecule has 2 N–H and O–H groups in total. The molecule has 16 heavy (non-hydrogen) atoms. The number of unbranched alkanes of at least 4 members (excludes halogenated alkanes) is 1. The Hall–Kier alpha value is -0.990. The largest absolute Gasteiger partial charge is 0.497 e. The summed E-state index contributed by atoms with van der Waals surface area (Å²) < 4.78 is 15.5. The van der Waals surface area contributed by atoms with Crippen LogP contribution in [0.3, 0.4) is 0 Å². The quantitative estimate of drug-likeness (QED) is 0.570. The van der Waals surface area contributed by atoms with Gasteiger partial charge in [-0.05, 0) is 37.1 Å². The summed E-state index contributed by atoms with van der Waals surface area (Å²) in [6.07, 6.45) is 2.12. The summed E-state index contributed by atoms with van der Waals surface area (Å²) >= 11 is 0. The van der Waals surface area contributed by atoms with E-state index < -0.39 is 8.03 Å². The van der Waals surface area contributed by atoms with Crippen LogP contribution in [0.15, 0.2) is 24.3 Å². The lowest BCUT2D eigenvalue weighted by molar-refractivity contribution is 0.415. The SMILES string of the molecule is COc1ccc(NCCCC[PH](=O)O)cc1. The number of hydrogen-bond acceptors (Lipinski definition) is 3. The Morgan fingerprint density at radius 2 is 2.00 bits per heavy atom. The molecule has 4 nitrogen and oxygen atoms in total. The molecule has 0 saturated heterocycles. The number of rotatable bonds is 7. The summed E-state index contributed by atoms with van der Waals surface area (Å²) in [6.45, 7) is 0.821. The van der Waals surface area contributed by atoms with Gasteiger partial charge >= 0.3 is 0 Å². The minimum absolute atomic E-state index is 0.426. The lowest BCUT2D eigenvalue weighted by Gasteiger charge is -2.06. The molecule has 90 valence electrons. The maximum absolute atomic E-state index is 10.5. The fraction of sp³-hybridized carbons (Fsp3) is 0.455. The Morgan fingerprint density at radius 1 is 1.31 bits per heavy atom. The van der Waals surface area contributed by atoms with Crippen molar-refractivity contribution in [2.45, 2.75) is 12.8 Å². The van der Waals surface area contributed by atoms with Gasteiger partial charge in [0.1, 0.15) is 5.75 Å². The van der Waals surface area contributed by atoms with Gasteiger partial charge in [-0.2, -0.15) is 0 Å². The fourth-order valence-corrected chi connectivity index (χ4v) is 1.90. The smallest absolute Gasteiger partial charge is 0.189 e. The molecule has 0 saturated carbocycles. The summed E-state index contributed by atoms with van der Waals surface area (Å²) in [7, 11) is -0.644. The van der Waals surface area contributed by atoms with Crippen LogP contribution in [-0.2, 0) is 4.57 Å². The maximum atomic E-state index is 10.5. The first-order valence-electron chi connectivity index (χ1n) is 5.32. The molecule has 0 aliphatic heterocycles. The fourth-order valence-electron chi connectivity index (χ4n) is 1.34. The summed E-state index contributed by atoms with van der Waals surface area (Å²) in [5.74, 6) is 0.837. The van der Waals surface area contributed by atoms with Crippen molar-refractivity contribution in [3.63, 3.8) is 0 Å². The van der Waals surface area contributed by atoms with Crippen LogP contribution in [0.25, 0.3) is 0 Å². The first-order chi connectivity index (χ1) is 7.72. The van der Waals surface area contributed by atoms with E-state index >= 15 is 0 Å². The molecule has 0 radical (unpaired) electrons. The van der Waals surface area contributed by atoms with Crippen molar-refractivity contribution in [1.29, 1.82) is 0 Å². The molecule has 5 heteroatoms. The van der Waals surface area contributed by atoms with Gasteiger partial charge in [-0.1, -0.05) is 0 Å². The number of benzene rings is 1. The Kier molecular flexibility index (Phi) is 5.98. The maximum Gasteiger partial charge on any atom is 0.189 e. The van der Waals surface area contributed by atoms with Crippen LogP contribution in [-0.4, -0.2) is 24.7 Å². The van der Waals surface area contributed by atoms with E-state index in [1.54, 1.807) is 7.11 Å². The van der Waals surface area contributed by atoms with Gasteiger partial charge in [0.25, 0.3) is 0 Å². The van der Waals surface area contributed by atoms with Gasteiger partial charge in [0.05, 0.1) is 7.11 Å². The Balaban J connectivity index is 2.19. The van der Waals surface area contributed by atoms with Crippen LogP contribution in [0.1, 0.15) is 12.8 Å². The van der Waals surface area contributed by atoms with Crippen molar-refractivity contribution < 1.29 is 14.2 Å². The Morgan fingerprint density at radius 3 is 2.56 bits per heavy atom. The number of nitrogens with one attached hydrogen (secondary N) is 1. The standard InChI is InChI=1S/C11H18NO3P/c1-15-11-6-4-10(5-7-11)12-8-2-3-9-16(13)14/h4-7,12,16H,2-3,8-9H2,1H3,(H,13,14). The summed E-state index contributed by atoms with van der Waals surface area (Å²) in [5.41, 5.74) is 1.04. The summed E-state index contributed by atoms with van der Waals surface area (Å²) in [6, 6.07) is 7.70. The number of ether oxygens (including phenoxy) is 1. The molecular weight excluding hydrogens is 225 g/mol. The monoisotopic (exact) mass is 243 g/mol. The van der Waals surface area contributed by atoms with Gasteiger partial charge in [-0.15, -0.1) is 0 Å². The molecule has 0 bridgehead atoms. The van der Waals surface area contributed by atoms with Gasteiger partial charge in [0.2, 0.25) is 0 Å². The Labute approximate surface area is 96.5 Å². The second-order valence-corrected chi connectivity index (χ2v) is 4.79. The minimum atomic E-state index is -2.28. The van der Waals surface area contributed by atoms with Gasteiger partial charge in [0, 0.05) is 18.4 Å². The van der Waals surface area contributed by atoms with Crippen molar-refractivity contribution in [1.82, 2.24) is 0 Å². The summed E-state index contributed by atoms with van der Waals surface area (Å²) in [5, 5.41) is 3.24. The van der Waals surface area contributed by atoms with Crippen LogP contribution in [0.4, 0.5) is 5.69 Å². The zero-order valence-corrected chi connectivity index (χ0v) is 10.4. The lowest BCUT2D eigenvalue weighted by atomic mass is 10.3. The van der Waals surface area contributed by atoms with E-state index in [1.165, 1.54) is 0 Å². The predicted molar refractivity (Wildman–Crippen MR) is 66.8 cm³/mol. The molecule has 1 aromatic rings. The second-order valence-electron chi connectivity index (χ2n) is 3.51. The van der Waals surface area contributed by atoms with E-state index in [1.807, 2.05) is 24.3 Å². The van der Waals surface area contributed by atoms with E-state index in [4.69, 9.17) is 9.63 Å². The first-order valence-corrected chi connectivity index (χ1v) is 6.88. The van der Waals surface area contributed by atoms with Crippen LogP contribution >= 0.6 is 8.03 Å². The van der Waals surface area contributed by atoms with Gasteiger partial charge < -0.3 is 14.9 Å². The van der Waals surface area contributed by atoms with Crippen LogP contribution in [0, 0.1) is 0 Å². The normalized spacial score (nSPS) is 12.1. The third-order valence-corrected chi connectivity index (χ3v) is 3.02. The highest BCUT2D eigenvalue weighted by molar-refractivity contribution is 7.37. The minimum Gasteiger partial charge on any atom is -0.497 e. The highest BCUT2D eigenvalue weighted by Crippen LogP contribution is 2.16. The number of anilines is 1. The van der Waals surface area contributed by atoms with Gasteiger partial charge in [0.15, 0.2) is 8.03 Å². The van der Waals surface area contributed by atoms with Crippen LogP contribution in [0.5, 0.6) is 5.75 Å². The molecule has 0 fully saturated rings. The third-order valence-electron chi connectivity index (χ3n) is 2.24. The molecule has 0 spiro atoms. The summed E-state index contributed by atoms with van der Waals surface area (Å²) in [4.78, 5) is 8.64. The van der Waals surface area contributed by atoms with E-state index in [9.17, 15) is 4.57 Å². The van der Waals surface area contributed by atoms with Crippen molar-refractivity contribution in [3.8, 4) is 5.75 Å². The molecular formula is C11H18NO3P. The van der Waals surface area contributed by atoms with Crippen molar-refractivity contribution >= 4 is 13.7 Å². The average Bonchev–Trinajstić information content (AvgIpc) is 2.29. The van der Waals surface area contributed by atoms with Gasteiger partial charge in [-0.3, -0.25) is 4.57 Å². The van der Waals surface area contributed by atoms with Crippen molar-refractivity contribution in [2.75, 3.05) is 25.1 Å². The molecule has 0 aliphatic carbocycles. The molecule has 0 amide bonds. The zero-order valence-electron chi connectivity index (χ0n) is 9.40. The topological polar surface area (TPSA) is 58.6 Å². The van der Waals surface area contributed by atoms with Crippen LogP contribution in [0.2, 0.25) is 0 Å². The molecule has 0 heterocycles. The van der Waals surface area contributed by atoms with Gasteiger partial charge in [-0.25, -0.2) is 0 Å². The molecule has 1 rings (SSSR count). The highest BCUT2D eigenvalue weighted by atomic mass is 31.1. The molecule has 1 atom stereocenters. The molecule has 1 unspecified atom stereocenters. The molecule has 0 aromatic heterocycles. The van der Waals surface area contributed by atoms with E-state index in [0.717, 1.165) is 30.8 Å². The van der Waals surface area contributed by atoms with Crippen molar-refractivity contribution in [2.24, 2.45) is 0 Å². The zero-order chi connectivity index (χ0) is 11.8. The first kappa shape index (κ1) is 13.1. The average molecular weight is 243 g/mol. The van der Waals surface area contributed by atoms with Crippen LogP contribution < -0.4 is 10.1 Å². The molecule has 0 aliphatic rings. The molecule has 1 aromatic carbocycles. The Bertz CT molecular complexity index is 327. The number of hydrogen-bond donors (Lipinski definition) is 2.